The third-order valence-corrected chi connectivity index (χ3v) is 2.97. The molecule has 3 nitrogen and oxygen atoms in total. The first-order chi connectivity index (χ1) is 7.43. The standard InChI is InChI=1S/C12H15FO3/c1-3-12(16,8(2)11(14)15)9-6-4-5-7-10(9)13/h4-8,16H,3H2,1-2H3,(H,14,15). The number of hydrogen-bond donors (Lipinski definition) is 2. The van der Waals surface area contributed by atoms with Gasteiger partial charge in [0.15, 0.2) is 0 Å². The number of rotatable bonds is 4. The van der Waals surface area contributed by atoms with E-state index in [4.69, 9.17) is 5.11 Å². The van der Waals surface area contributed by atoms with Gasteiger partial charge >= 0.3 is 5.97 Å². The SMILES string of the molecule is CCC(O)(c1ccccc1F)C(C)C(=O)O. The van der Waals surface area contributed by atoms with E-state index >= 15 is 0 Å². The Bertz CT molecular complexity index is 392. The van der Waals surface area contributed by atoms with Crippen LogP contribution < -0.4 is 0 Å². The molecule has 0 aromatic heterocycles. The highest BCUT2D eigenvalue weighted by atomic mass is 19.1. The summed E-state index contributed by atoms with van der Waals surface area (Å²) in [6.45, 7) is 3.00. The Labute approximate surface area is 93.5 Å². The molecule has 0 aliphatic heterocycles. The van der Waals surface area contributed by atoms with Crippen LogP contribution in [0.3, 0.4) is 0 Å². The van der Waals surface area contributed by atoms with Gasteiger partial charge in [-0.1, -0.05) is 25.1 Å². The predicted octanol–water partition coefficient (Wildman–Crippen LogP) is 2.14. The lowest BCUT2D eigenvalue weighted by Gasteiger charge is -2.31. The van der Waals surface area contributed by atoms with Gasteiger partial charge in [-0.3, -0.25) is 4.79 Å². The fourth-order valence-electron chi connectivity index (χ4n) is 1.75. The Morgan fingerprint density at radius 2 is 2.06 bits per heavy atom. The molecule has 16 heavy (non-hydrogen) atoms. The highest BCUT2D eigenvalue weighted by Gasteiger charge is 2.40. The van der Waals surface area contributed by atoms with Crippen molar-refractivity contribution >= 4 is 5.97 Å². The van der Waals surface area contributed by atoms with Gasteiger partial charge in [0, 0.05) is 5.56 Å². The second-order valence-electron chi connectivity index (χ2n) is 3.82. The van der Waals surface area contributed by atoms with Gasteiger partial charge in [-0.05, 0) is 19.4 Å². The molecule has 1 rings (SSSR count). The van der Waals surface area contributed by atoms with Crippen molar-refractivity contribution in [1.29, 1.82) is 0 Å². The molecule has 2 N–H and O–H groups in total. The molecule has 0 heterocycles. The molecule has 88 valence electrons. The van der Waals surface area contributed by atoms with E-state index in [1.165, 1.54) is 25.1 Å². The number of halogens is 1. The maximum atomic E-state index is 13.5. The van der Waals surface area contributed by atoms with Crippen molar-refractivity contribution in [3.05, 3.63) is 35.6 Å². The van der Waals surface area contributed by atoms with Gasteiger partial charge < -0.3 is 10.2 Å². The van der Waals surface area contributed by atoms with E-state index in [0.29, 0.717) is 0 Å². The fraction of sp³-hybridized carbons (Fsp3) is 0.417. The number of carboxylic acids is 1. The van der Waals surface area contributed by atoms with Crippen LogP contribution in [-0.2, 0) is 10.4 Å². The minimum absolute atomic E-state index is 0.0346. The molecule has 2 atom stereocenters. The zero-order valence-electron chi connectivity index (χ0n) is 9.27. The Morgan fingerprint density at radius 1 is 1.50 bits per heavy atom. The zero-order chi connectivity index (χ0) is 12.3. The average molecular weight is 226 g/mol. The normalized spacial score (nSPS) is 16.5. The third-order valence-electron chi connectivity index (χ3n) is 2.97. The predicted molar refractivity (Wildman–Crippen MR) is 57.4 cm³/mol. The van der Waals surface area contributed by atoms with Crippen LogP contribution in [0.5, 0.6) is 0 Å². The highest BCUT2D eigenvalue weighted by Crippen LogP contribution is 2.34. The van der Waals surface area contributed by atoms with E-state index in [1.54, 1.807) is 13.0 Å². The molecule has 0 aliphatic carbocycles. The summed E-state index contributed by atoms with van der Waals surface area (Å²) in [4.78, 5) is 10.9. The van der Waals surface area contributed by atoms with Crippen molar-refractivity contribution < 1.29 is 19.4 Å². The summed E-state index contributed by atoms with van der Waals surface area (Å²) in [5, 5.41) is 19.2. The summed E-state index contributed by atoms with van der Waals surface area (Å²) in [7, 11) is 0. The van der Waals surface area contributed by atoms with Gasteiger partial charge in [0.2, 0.25) is 0 Å². The number of aliphatic hydroxyl groups is 1. The molecular formula is C12H15FO3. The lowest BCUT2D eigenvalue weighted by atomic mass is 9.80. The summed E-state index contributed by atoms with van der Waals surface area (Å²) >= 11 is 0. The number of carboxylic acid groups (broad SMARTS) is 1. The van der Waals surface area contributed by atoms with Crippen LogP contribution in [0.25, 0.3) is 0 Å². The maximum absolute atomic E-state index is 13.5. The molecule has 0 amide bonds. The van der Waals surface area contributed by atoms with Gasteiger partial charge in [0.25, 0.3) is 0 Å². The summed E-state index contributed by atoms with van der Waals surface area (Å²) in [6, 6.07) is 5.71. The molecule has 4 heteroatoms. The van der Waals surface area contributed by atoms with E-state index < -0.39 is 23.3 Å². The number of hydrogen-bond acceptors (Lipinski definition) is 2. The number of aliphatic carboxylic acids is 1. The molecule has 0 spiro atoms. The molecular weight excluding hydrogens is 211 g/mol. The second kappa shape index (κ2) is 4.61. The largest absolute Gasteiger partial charge is 0.481 e. The van der Waals surface area contributed by atoms with Crippen molar-refractivity contribution in [2.75, 3.05) is 0 Å². The topological polar surface area (TPSA) is 57.5 Å². The Balaban J connectivity index is 3.25. The van der Waals surface area contributed by atoms with Crippen LogP contribution in [0.15, 0.2) is 24.3 Å². The van der Waals surface area contributed by atoms with E-state index in [9.17, 15) is 14.3 Å². The first kappa shape index (κ1) is 12.6. The fourth-order valence-corrected chi connectivity index (χ4v) is 1.75. The molecule has 0 aliphatic rings. The molecule has 1 aromatic carbocycles. The van der Waals surface area contributed by atoms with Gasteiger partial charge in [-0.25, -0.2) is 4.39 Å². The van der Waals surface area contributed by atoms with Crippen LogP contribution >= 0.6 is 0 Å². The quantitative estimate of drug-likeness (QED) is 0.827. The van der Waals surface area contributed by atoms with E-state index in [-0.39, 0.29) is 12.0 Å². The molecule has 0 radical (unpaired) electrons. The minimum atomic E-state index is -1.67. The lowest BCUT2D eigenvalue weighted by Crippen LogP contribution is -2.38. The third kappa shape index (κ3) is 2.07. The van der Waals surface area contributed by atoms with Crippen LogP contribution in [0, 0.1) is 11.7 Å². The number of benzene rings is 1. The van der Waals surface area contributed by atoms with Gasteiger partial charge in [-0.2, -0.15) is 0 Å². The van der Waals surface area contributed by atoms with Gasteiger partial charge in [0.05, 0.1) is 5.92 Å². The van der Waals surface area contributed by atoms with Crippen molar-refractivity contribution in [2.24, 2.45) is 5.92 Å². The Hall–Kier alpha value is -1.42. The lowest BCUT2D eigenvalue weighted by molar-refractivity contribution is -0.152. The summed E-state index contributed by atoms with van der Waals surface area (Å²) in [6.07, 6.45) is 0.140. The highest BCUT2D eigenvalue weighted by molar-refractivity contribution is 5.71. The summed E-state index contributed by atoms with van der Waals surface area (Å²) in [5.74, 6) is -2.79. The smallest absolute Gasteiger partial charge is 0.309 e. The van der Waals surface area contributed by atoms with Crippen molar-refractivity contribution in [2.45, 2.75) is 25.9 Å². The van der Waals surface area contributed by atoms with Gasteiger partial charge in [-0.15, -0.1) is 0 Å². The minimum Gasteiger partial charge on any atom is -0.481 e. The van der Waals surface area contributed by atoms with Crippen molar-refractivity contribution in [3.8, 4) is 0 Å². The molecule has 0 fully saturated rings. The van der Waals surface area contributed by atoms with E-state index in [2.05, 4.69) is 0 Å². The second-order valence-corrected chi connectivity index (χ2v) is 3.82. The Morgan fingerprint density at radius 3 is 2.50 bits per heavy atom. The summed E-state index contributed by atoms with van der Waals surface area (Å²) < 4.78 is 13.5. The van der Waals surface area contributed by atoms with Crippen LogP contribution in [0.1, 0.15) is 25.8 Å². The van der Waals surface area contributed by atoms with Crippen molar-refractivity contribution in [1.82, 2.24) is 0 Å². The average Bonchev–Trinajstić information content (AvgIpc) is 2.27. The molecule has 2 unspecified atom stereocenters. The molecule has 1 aromatic rings. The first-order valence-corrected chi connectivity index (χ1v) is 5.13. The van der Waals surface area contributed by atoms with Crippen LogP contribution in [0.2, 0.25) is 0 Å². The van der Waals surface area contributed by atoms with Crippen LogP contribution in [0.4, 0.5) is 4.39 Å². The van der Waals surface area contributed by atoms with Gasteiger partial charge in [0.1, 0.15) is 11.4 Å². The molecule has 0 saturated heterocycles. The first-order valence-electron chi connectivity index (χ1n) is 5.13. The summed E-state index contributed by atoms with van der Waals surface area (Å²) in [5.41, 5.74) is -1.63. The molecule has 0 saturated carbocycles. The van der Waals surface area contributed by atoms with E-state index in [0.717, 1.165) is 0 Å². The van der Waals surface area contributed by atoms with Crippen molar-refractivity contribution in [3.63, 3.8) is 0 Å². The monoisotopic (exact) mass is 226 g/mol. The Kier molecular flexibility index (Phi) is 3.65. The molecule has 0 bridgehead atoms. The van der Waals surface area contributed by atoms with Crippen LogP contribution in [-0.4, -0.2) is 16.2 Å². The maximum Gasteiger partial charge on any atom is 0.309 e. The zero-order valence-corrected chi connectivity index (χ0v) is 9.27. The number of carbonyl (C=O) groups is 1. The van der Waals surface area contributed by atoms with E-state index in [1.807, 2.05) is 0 Å².